The number of carbonyl (C=O) groups excluding carboxylic acids is 1. The Kier molecular flexibility index (Phi) is 4.75. The van der Waals surface area contributed by atoms with E-state index < -0.39 is 9.05 Å². The minimum absolute atomic E-state index is 0.0391. The lowest BCUT2D eigenvalue weighted by molar-refractivity contribution is -0.119. The lowest BCUT2D eigenvalue weighted by Crippen LogP contribution is -2.23. The third-order valence-corrected chi connectivity index (χ3v) is 4.63. The van der Waals surface area contributed by atoms with Crippen molar-refractivity contribution < 1.29 is 22.7 Å². The van der Waals surface area contributed by atoms with Gasteiger partial charge in [0, 0.05) is 10.7 Å². The number of anilines is 1. The van der Waals surface area contributed by atoms with Crippen molar-refractivity contribution in [1.82, 2.24) is 0 Å². The van der Waals surface area contributed by atoms with Gasteiger partial charge in [-0.05, 0) is 31.5 Å². The number of methoxy groups -OCH3 is 1. The third-order valence-electron chi connectivity index (χ3n) is 3.28. The van der Waals surface area contributed by atoms with Gasteiger partial charge in [-0.15, -0.1) is 0 Å². The molecule has 2 rings (SSSR count). The minimum Gasteiger partial charge on any atom is -0.495 e. The van der Waals surface area contributed by atoms with Gasteiger partial charge in [0.15, 0.2) is 0 Å². The van der Waals surface area contributed by atoms with Gasteiger partial charge in [0.2, 0.25) is 5.91 Å². The van der Waals surface area contributed by atoms with Crippen molar-refractivity contribution in [2.24, 2.45) is 5.92 Å². The lowest BCUT2D eigenvalue weighted by atomic mass is 10.1. The average molecular weight is 334 g/mol. The SMILES string of the molecule is COc1ccc(S(=O)(=O)Cl)cc1NC(=O)C1COC(C)C1. The number of hydrogen-bond donors (Lipinski definition) is 1. The van der Waals surface area contributed by atoms with Gasteiger partial charge in [-0.25, -0.2) is 8.42 Å². The van der Waals surface area contributed by atoms with Gasteiger partial charge in [0.25, 0.3) is 9.05 Å². The first kappa shape index (κ1) is 16.1. The molecule has 21 heavy (non-hydrogen) atoms. The molecule has 0 radical (unpaired) electrons. The van der Waals surface area contributed by atoms with Crippen molar-refractivity contribution in [1.29, 1.82) is 0 Å². The quantitative estimate of drug-likeness (QED) is 0.852. The Morgan fingerprint density at radius 3 is 2.71 bits per heavy atom. The molecule has 1 aliphatic heterocycles. The zero-order chi connectivity index (χ0) is 15.6. The van der Waals surface area contributed by atoms with E-state index in [2.05, 4.69) is 5.32 Å². The molecule has 0 saturated carbocycles. The summed E-state index contributed by atoms with van der Waals surface area (Å²) >= 11 is 0. The number of benzene rings is 1. The molecule has 116 valence electrons. The summed E-state index contributed by atoms with van der Waals surface area (Å²) in [5.41, 5.74) is 0.267. The largest absolute Gasteiger partial charge is 0.495 e. The van der Waals surface area contributed by atoms with E-state index in [0.29, 0.717) is 18.8 Å². The number of ether oxygens (including phenoxy) is 2. The maximum atomic E-state index is 12.2. The lowest BCUT2D eigenvalue weighted by Gasteiger charge is -2.13. The van der Waals surface area contributed by atoms with Crippen molar-refractivity contribution in [3.05, 3.63) is 18.2 Å². The summed E-state index contributed by atoms with van der Waals surface area (Å²) in [7, 11) is 2.87. The summed E-state index contributed by atoms with van der Waals surface area (Å²) in [5, 5.41) is 2.67. The Balaban J connectivity index is 2.23. The summed E-state index contributed by atoms with van der Waals surface area (Å²) in [4.78, 5) is 12.1. The molecular weight excluding hydrogens is 318 g/mol. The molecule has 1 aromatic carbocycles. The Hall–Kier alpha value is -1.31. The molecule has 2 atom stereocenters. The van der Waals surface area contributed by atoms with Gasteiger partial charge in [-0.3, -0.25) is 4.79 Å². The molecule has 0 aromatic heterocycles. The first-order valence-electron chi connectivity index (χ1n) is 6.36. The van der Waals surface area contributed by atoms with Crippen LogP contribution in [0.3, 0.4) is 0 Å². The van der Waals surface area contributed by atoms with Crippen LogP contribution >= 0.6 is 10.7 Å². The van der Waals surface area contributed by atoms with Crippen LogP contribution in [0.2, 0.25) is 0 Å². The Morgan fingerprint density at radius 2 is 2.19 bits per heavy atom. The third kappa shape index (κ3) is 3.87. The molecule has 1 aromatic rings. The van der Waals surface area contributed by atoms with Crippen LogP contribution in [0.5, 0.6) is 5.75 Å². The maximum Gasteiger partial charge on any atom is 0.261 e. The summed E-state index contributed by atoms with van der Waals surface area (Å²) in [6.45, 7) is 2.25. The van der Waals surface area contributed by atoms with E-state index in [1.165, 1.54) is 25.3 Å². The number of rotatable bonds is 4. The van der Waals surface area contributed by atoms with E-state index in [1.807, 2.05) is 6.92 Å². The second-order valence-electron chi connectivity index (χ2n) is 4.87. The molecule has 8 heteroatoms. The average Bonchev–Trinajstić information content (AvgIpc) is 2.84. The zero-order valence-corrected chi connectivity index (χ0v) is 13.2. The topological polar surface area (TPSA) is 81.7 Å². The first-order chi connectivity index (χ1) is 9.81. The molecule has 2 unspecified atom stereocenters. The van der Waals surface area contributed by atoms with Crippen LogP contribution in [-0.2, 0) is 18.6 Å². The van der Waals surface area contributed by atoms with Crippen molar-refractivity contribution in [2.75, 3.05) is 19.0 Å². The molecule has 1 aliphatic rings. The number of nitrogens with one attached hydrogen (secondary N) is 1. The zero-order valence-electron chi connectivity index (χ0n) is 11.6. The Morgan fingerprint density at radius 1 is 1.48 bits per heavy atom. The van der Waals surface area contributed by atoms with Crippen LogP contribution in [0.25, 0.3) is 0 Å². The minimum atomic E-state index is -3.87. The molecule has 0 spiro atoms. The second kappa shape index (κ2) is 6.21. The predicted molar refractivity (Wildman–Crippen MR) is 78.2 cm³/mol. The number of halogens is 1. The molecule has 1 N–H and O–H groups in total. The Labute approximate surface area is 127 Å². The van der Waals surface area contributed by atoms with Crippen molar-refractivity contribution in [2.45, 2.75) is 24.3 Å². The number of amides is 1. The molecule has 1 amide bonds. The fourth-order valence-electron chi connectivity index (χ4n) is 2.17. The highest BCUT2D eigenvalue weighted by molar-refractivity contribution is 8.13. The van der Waals surface area contributed by atoms with E-state index in [-0.39, 0.29) is 28.5 Å². The van der Waals surface area contributed by atoms with Crippen LogP contribution in [0.4, 0.5) is 5.69 Å². The summed E-state index contributed by atoms with van der Waals surface area (Å²) in [6.07, 6.45) is 0.666. The highest BCUT2D eigenvalue weighted by atomic mass is 35.7. The molecule has 0 aliphatic carbocycles. The number of carbonyl (C=O) groups is 1. The predicted octanol–water partition coefficient (Wildman–Crippen LogP) is 1.99. The molecule has 6 nitrogen and oxygen atoms in total. The van der Waals surface area contributed by atoms with Crippen LogP contribution in [0.1, 0.15) is 13.3 Å². The van der Waals surface area contributed by atoms with Gasteiger partial charge in [0.1, 0.15) is 5.75 Å². The highest BCUT2D eigenvalue weighted by Crippen LogP contribution is 2.30. The second-order valence-corrected chi connectivity index (χ2v) is 7.43. The van der Waals surface area contributed by atoms with E-state index >= 15 is 0 Å². The summed E-state index contributed by atoms with van der Waals surface area (Å²) in [6, 6.07) is 4.04. The van der Waals surface area contributed by atoms with E-state index in [4.69, 9.17) is 20.2 Å². The van der Waals surface area contributed by atoms with Crippen molar-refractivity contribution >= 4 is 31.3 Å². The summed E-state index contributed by atoms with van der Waals surface area (Å²) < 4.78 is 33.2. The monoisotopic (exact) mass is 333 g/mol. The fraction of sp³-hybridized carbons (Fsp3) is 0.462. The van der Waals surface area contributed by atoms with Crippen LogP contribution in [0, 0.1) is 5.92 Å². The van der Waals surface area contributed by atoms with Crippen LogP contribution in [-0.4, -0.2) is 34.1 Å². The highest BCUT2D eigenvalue weighted by Gasteiger charge is 2.29. The van der Waals surface area contributed by atoms with Gasteiger partial charge >= 0.3 is 0 Å². The molecular formula is C13H16ClNO5S. The van der Waals surface area contributed by atoms with Gasteiger partial charge < -0.3 is 14.8 Å². The first-order valence-corrected chi connectivity index (χ1v) is 8.67. The van der Waals surface area contributed by atoms with Gasteiger partial charge in [0.05, 0.1) is 36.3 Å². The van der Waals surface area contributed by atoms with E-state index in [9.17, 15) is 13.2 Å². The van der Waals surface area contributed by atoms with Gasteiger partial charge in [-0.1, -0.05) is 0 Å². The van der Waals surface area contributed by atoms with Gasteiger partial charge in [-0.2, -0.15) is 0 Å². The Bertz CT molecular complexity index is 646. The summed E-state index contributed by atoms with van der Waals surface area (Å²) in [5.74, 6) is -0.137. The fourth-order valence-corrected chi connectivity index (χ4v) is 2.95. The van der Waals surface area contributed by atoms with Crippen molar-refractivity contribution in [3.8, 4) is 5.75 Å². The molecule has 0 bridgehead atoms. The van der Waals surface area contributed by atoms with E-state index in [0.717, 1.165) is 0 Å². The standard InChI is InChI=1S/C13H16ClNO5S/c1-8-5-9(7-20-8)13(16)15-11-6-10(21(14,17)18)3-4-12(11)19-2/h3-4,6,8-9H,5,7H2,1-2H3,(H,15,16). The maximum absolute atomic E-state index is 12.2. The molecule has 1 fully saturated rings. The van der Waals surface area contributed by atoms with E-state index in [1.54, 1.807) is 0 Å². The smallest absolute Gasteiger partial charge is 0.261 e. The molecule has 1 heterocycles. The normalized spacial score (nSPS) is 22.0. The van der Waals surface area contributed by atoms with Crippen LogP contribution < -0.4 is 10.1 Å². The van der Waals surface area contributed by atoms with Crippen molar-refractivity contribution in [3.63, 3.8) is 0 Å². The number of hydrogen-bond acceptors (Lipinski definition) is 5. The molecule has 1 saturated heterocycles. The van der Waals surface area contributed by atoms with Crippen LogP contribution in [0.15, 0.2) is 23.1 Å².